The van der Waals surface area contributed by atoms with Crippen LogP contribution in [0.5, 0.6) is 11.5 Å². The summed E-state index contributed by atoms with van der Waals surface area (Å²) in [5.41, 5.74) is 4.71. The van der Waals surface area contributed by atoms with Crippen LogP contribution in [0.1, 0.15) is 39.9 Å². The van der Waals surface area contributed by atoms with Crippen LogP contribution in [0.25, 0.3) is 11.1 Å². The van der Waals surface area contributed by atoms with E-state index in [9.17, 15) is 9.59 Å². The molecular weight excluding hydrogens is 446 g/mol. The average molecular weight is 470 g/mol. The predicted octanol–water partition coefficient (Wildman–Crippen LogP) is 6.78. The molecular formula is C28H23NO4S. The van der Waals surface area contributed by atoms with E-state index in [1.807, 2.05) is 85.1 Å². The Labute approximate surface area is 202 Å². The van der Waals surface area contributed by atoms with Gasteiger partial charge in [-0.25, -0.2) is 4.79 Å². The van der Waals surface area contributed by atoms with Crippen molar-refractivity contribution >= 4 is 28.2 Å². The Hall–Kier alpha value is -3.90. The molecule has 0 saturated carbocycles. The SMILES string of the molecule is CCOC(=O)c1c(-c2ccc(C)cc2)csc1NC(=O)C1c2ccccc2Oc2ccccc21. The van der Waals surface area contributed by atoms with E-state index in [0.717, 1.165) is 27.8 Å². The highest BCUT2D eigenvalue weighted by atomic mass is 32.1. The van der Waals surface area contributed by atoms with E-state index in [1.54, 1.807) is 6.92 Å². The molecule has 0 bridgehead atoms. The summed E-state index contributed by atoms with van der Waals surface area (Å²) >= 11 is 1.32. The summed E-state index contributed by atoms with van der Waals surface area (Å²) in [6, 6.07) is 23.0. The van der Waals surface area contributed by atoms with Crippen LogP contribution in [0.4, 0.5) is 5.00 Å². The van der Waals surface area contributed by atoms with Crippen LogP contribution < -0.4 is 10.1 Å². The second-order valence-corrected chi connectivity index (χ2v) is 8.92. The summed E-state index contributed by atoms with van der Waals surface area (Å²) in [6.07, 6.45) is 0. The van der Waals surface area contributed by atoms with E-state index in [0.29, 0.717) is 22.1 Å². The number of anilines is 1. The van der Waals surface area contributed by atoms with Gasteiger partial charge >= 0.3 is 5.97 Å². The van der Waals surface area contributed by atoms with Crippen molar-refractivity contribution in [2.45, 2.75) is 19.8 Å². The second-order valence-electron chi connectivity index (χ2n) is 8.04. The van der Waals surface area contributed by atoms with E-state index in [2.05, 4.69) is 5.32 Å². The van der Waals surface area contributed by atoms with Gasteiger partial charge in [-0.3, -0.25) is 4.79 Å². The van der Waals surface area contributed by atoms with E-state index >= 15 is 0 Å². The first-order valence-electron chi connectivity index (χ1n) is 11.1. The minimum Gasteiger partial charge on any atom is -0.462 e. The first-order chi connectivity index (χ1) is 16.6. The molecule has 3 aromatic carbocycles. The van der Waals surface area contributed by atoms with Crippen LogP contribution in [0.15, 0.2) is 78.2 Å². The van der Waals surface area contributed by atoms with E-state index in [4.69, 9.17) is 9.47 Å². The highest BCUT2D eigenvalue weighted by Gasteiger charge is 2.33. The summed E-state index contributed by atoms with van der Waals surface area (Å²) in [4.78, 5) is 26.7. The molecule has 1 N–H and O–H groups in total. The van der Waals surface area contributed by atoms with Gasteiger partial charge in [0, 0.05) is 22.1 Å². The Morgan fingerprint density at radius 1 is 0.941 bits per heavy atom. The van der Waals surface area contributed by atoms with E-state index < -0.39 is 11.9 Å². The van der Waals surface area contributed by atoms with Crippen molar-refractivity contribution in [3.8, 4) is 22.6 Å². The molecule has 4 aromatic rings. The molecule has 0 fully saturated rings. The average Bonchev–Trinajstić information content (AvgIpc) is 3.26. The Balaban J connectivity index is 1.55. The number of nitrogens with one attached hydrogen (secondary N) is 1. The number of hydrogen-bond acceptors (Lipinski definition) is 5. The zero-order chi connectivity index (χ0) is 23.7. The standard InChI is InChI=1S/C28H23NO4S/c1-3-32-28(31)25-21(18-14-12-17(2)13-15-18)16-34-27(25)29-26(30)24-19-8-4-6-10-22(19)33-23-11-7-5-9-20(23)24/h4-16,24H,3H2,1-2H3,(H,29,30). The van der Waals surface area contributed by atoms with Gasteiger partial charge in [0.25, 0.3) is 0 Å². The number of carbonyl (C=O) groups is 2. The van der Waals surface area contributed by atoms with Gasteiger partial charge in [0.1, 0.15) is 22.1 Å². The smallest absolute Gasteiger partial charge is 0.341 e. The van der Waals surface area contributed by atoms with Crippen LogP contribution in [-0.2, 0) is 9.53 Å². The molecule has 1 amide bonds. The lowest BCUT2D eigenvalue weighted by molar-refractivity contribution is -0.116. The zero-order valence-corrected chi connectivity index (χ0v) is 19.6. The lowest BCUT2D eigenvalue weighted by Crippen LogP contribution is -2.25. The highest BCUT2D eigenvalue weighted by molar-refractivity contribution is 7.15. The molecule has 0 saturated heterocycles. The van der Waals surface area contributed by atoms with Crippen LogP contribution in [-0.4, -0.2) is 18.5 Å². The van der Waals surface area contributed by atoms with Gasteiger partial charge in [0.15, 0.2) is 0 Å². The minimum atomic E-state index is -0.568. The van der Waals surface area contributed by atoms with Gasteiger partial charge in [-0.1, -0.05) is 66.2 Å². The number of esters is 1. The number of ether oxygens (including phenoxy) is 2. The molecule has 34 heavy (non-hydrogen) atoms. The molecule has 0 aliphatic carbocycles. The molecule has 1 aliphatic rings. The fourth-order valence-corrected chi connectivity index (χ4v) is 5.14. The van der Waals surface area contributed by atoms with Crippen molar-refractivity contribution in [3.05, 3.63) is 100 Å². The molecule has 170 valence electrons. The summed E-state index contributed by atoms with van der Waals surface area (Å²) in [5.74, 6) is 0.0477. The fourth-order valence-electron chi connectivity index (χ4n) is 4.18. The van der Waals surface area contributed by atoms with Crippen molar-refractivity contribution in [1.82, 2.24) is 0 Å². The van der Waals surface area contributed by atoms with Crippen molar-refractivity contribution in [2.24, 2.45) is 0 Å². The Morgan fingerprint density at radius 3 is 2.18 bits per heavy atom. The number of benzene rings is 3. The molecule has 0 atom stereocenters. The monoisotopic (exact) mass is 469 g/mol. The van der Waals surface area contributed by atoms with Crippen LogP contribution in [0.3, 0.4) is 0 Å². The summed E-state index contributed by atoms with van der Waals surface area (Å²) in [6.45, 7) is 4.03. The predicted molar refractivity (Wildman–Crippen MR) is 134 cm³/mol. The highest BCUT2D eigenvalue weighted by Crippen LogP contribution is 2.45. The molecule has 6 heteroatoms. The number of para-hydroxylation sites is 2. The number of rotatable bonds is 5. The van der Waals surface area contributed by atoms with Gasteiger partial charge in [-0.2, -0.15) is 0 Å². The van der Waals surface area contributed by atoms with Gasteiger partial charge in [-0.15, -0.1) is 11.3 Å². The third-order valence-corrected chi connectivity index (χ3v) is 6.71. The fraction of sp³-hybridized carbons (Fsp3) is 0.143. The number of fused-ring (bicyclic) bond motifs is 2. The van der Waals surface area contributed by atoms with E-state index in [1.165, 1.54) is 11.3 Å². The van der Waals surface area contributed by atoms with Gasteiger partial charge < -0.3 is 14.8 Å². The normalized spacial score (nSPS) is 12.3. The van der Waals surface area contributed by atoms with Gasteiger partial charge in [0.05, 0.1) is 12.5 Å². The third-order valence-electron chi connectivity index (χ3n) is 5.81. The largest absolute Gasteiger partial charge is 0.462 e. The number of hydrogen-bond donors (Lipinski definition) is 1. The van der Waals surface area contributed by atoms with Gasteiger partial charge in [-0.05, 0) is 31.5 Å². The van der Waals surface area contributed by atoms with Crippen molar-refractivity contribution < 1.29 is 19.1 Å². The van der Waals surface area contributed by atoms with Gasteiger partial charge in [0.2, 0.25) is 5.91 Å². The zero-order valence-electron chi connectivity index (χ0n) is 18.8. The molecule has 2 heterocycles. The number of carbonyl (C=O) groups excluding carboxylic acids is 2. The molecule has 1 aromatic heterocycles. The maximum absolute atomic E-state index is 13.7. The van der Waals surface area contributed by atoms with Crippen LogP contribution in [0, 0.1) is 6.92 Å². The lowest BCUT2D eigenvalue weighted by atomic mass is 9.87. The summed E-state index contributed by atoms with van der Waals surface area (Å²) in [7, 11) is 0. The van der Waals surface area contributed by atoms with Crippen LogP contribution >= 0.6 is 11.3 Å². The summed E-state index contributed by atoms with van der Waals surface area (Å²) < 4.78 is 11.4. The maximum Gasteiger partial charge on any atom is 0.341 e. The van der Waals surface area contributed by atoms with Crippen molar-refractivity contribution in [1.29, 1.82) is 0 Å². The Morgan fingerprint density at radius 2 is 1.56 bits per heavy atom. The van der Waals surface area contributed by atoms with Crippen molar-refractivity contribution in [3.63, 3.8) is 0 Å². The molecule has 0 radical (unpaired) electrons. The quantitative estimate of drug-likeness (QED) is 0.327. The third kappa shape index (κ3) is 3.97. The first-order valence-corrected chi connectivity index (χ1v) is 12.0. The Kier molecular flexibility index (Phi) is 5.90. The molecule has 5 nitrogen and oxygen atoms in total. The second kappa shape index (κ2) is 9.15. The number of thiophene rings is 1. The Bertz CT molecular complexity index is 1330. The topological polar surface area (TPSA) is 64.6 Å². The minimum absolute atomic E-state index is 0.231. The molecule has 0 unspecified atom stereocenters. The molecule has 0 spiro atoms. The number of amides is 1. The first kappa shape index (κ1) is 21.9. The van der Waals surface area contributed by atoms with E-state index in [-0.39, 0.29) is 12.5 Å². The van der Waals surface area contributed by atoms with Crippen molar-refractivity contribution in [2.75, 3.05) is 11.9 Å². The molecule has 1 aliphatic heterocycles. The van der Waals surface area contributed by atoms with Crippen LogP contribution in [0.2, 0.25) is 0 Å². The summed E-state index contributed by atoms with van der Waals surface area (Å²) in [5, 5.41) is 5.39. The number of aryl methyl sites for hydroxylation is 1. The lowest BCUT2D eigenvalue weighted by Gasteiger charge is -2.27. The molecule has 5 rings (SSSR count). The maximum atomic E-state index is 13.7.